The van der Waals surface area contributed by atoms with E-state index in [9.17, 15) is 0 Å². The van der Waals surface area contributed by atoms with Crippen LogP contribution in [-0.4, -0.2) is 65.9 Å². The van der Waals surface area contributed by atoms with Crippen LogP contribution in [0.5, 0.6) is 5.75 Å². The Bertz CT molecular complexity index is 996. The average Bonchev–Trinajstić information content (AvgIpc) is 2.94. The minimum Gasteiger partial charge on any atom is -0.497 e. The molecule has 0 aliphatic carbocycles. The lowest BCUT2D eigenvalue weighted by Crippen LogP contribution is -2.45. The highest BCUT2D eigenvalue weighted by molar-refractivity contribution is 5.33. The smallest absolute Gasteiger partial charge is 0.290 e. The fourth-order valence-electron chi connectivity index (χ4n) is 4.38. The van der Waals surface area contributed by atoms with Gasteiger partial charge >= 0.3 is 0 Å². The molecule has 0 radical (unpaired) electrons. The zero-order chi connectivity index (χ0) is 26.7. The van der Waals surface area contributed by atoms with Gasteiger partial charge in [-0.25, -0.2) is 0 Å². The van der Waals surface area contributed by atoms with Crippen LogP contribution in [0.15, 0.2) is 79.1 Å². The van der Waals surface area contributed by atoms with Gasteiger partial charge in [-0.2, -0.15) is 0 Å². The summed E-state index contributed by atoms with van der Waals surface area (Å²) in [5, 5.41) is 13.8. The summed E-state index contributed by atoms with van der Waals surface area (Å²) in [5.74, 6) is 1.38. The van der Waals surface area contributed by atoms with Gasteiger partial charge in [0.2, 0.25) is 0 Å². The van der Waals surface area contributed by atoms with E-state index in [1.807, 2.05) is 24.5 Å². The van der Waals surface area contributed by atoms with Crippen LogP contribution in [0.3, 0.4) is 0 Å². The van der Waals surface area contributed by atoms with Crippen LogP contribution >= 0.6 is 0 Å². The SMILES string of the molecule is COc1ccc(C[C@@H]2CN(CCc3ccccc3)CC[C@H]2OCc2ccncc2)cc1.O=CO.O=CO. The third-order valence-electron chi connectivity index (χ3n) is 6.18. The molecule has 8 heteroatoms. The molecule has 2 aromatic carbocycles. The topological polar surface area (TPSA) is 109 Å². The molecule has 2 N–H and O–H groups in total. The first-order valence-electron chi connectivity index (χ1n) is 12.2. The van der Waals surface area contributed by atoms with Gasteiger partial charge in [0.15, 0.2) is 0 Å². The number of hydrogen-bond acceptors (Lipinski definition) is 6. The monoisotopic (exact) mass is 508 g/mol. The number of rotatable bonds is 9. The second-order valence-electron chi connectivity index (χ2n) is 8.55. The van der Waals surface area contributed by atoms with Crippen molar-refractivity contribution in [1.29, 1.82) is 0 Å². The van der Waals surface area contributed by atoms with E-state index in [0.29, 0.717) is 12.5 Å². The van der Waals surface area contributed by atoms with Crippen molar-refractivity contribution in [3.63, 3.8) is 0 Å². The minimum absolute atomic E-state index is 0.250. The van der Waals surface area contributed by atoms with E-state index in [2.05, 4.69) is 64.5 Å². The third kappa shape index (κ3) is 11.2. The number of piperidine rings is 1. The van der Waals surface area contributed by atoms with Crippen LogP contribution in [0.25, 0.3) is 0 Å². The summed E-state index contributed by atoms with van der Waals surface area (Å²) >= 11 is 0. The predicted molar refractivity (Wildman–Crippen MR) is 142 cm³/mol. The molecular formula is C29H36N2O6. The van der Waals surface area contributed by atoms with Crippen LogP contribution in [-0.2, 0) is 33.8 Å². The number of methoxy groups -OCH3 is 1. The number of likely N-dealkylation sites (tertiary alicyclic amines) is 1. The third-order valence-corrected chi connectivity index (χ3v) is 6.18. The maximum atomic E-state index is 8.36. The lowest BCUT2D eigenvalue weighted by molar-refractivity contribution is -0.123. The number of nitrogens with zero attached hydrogens (tertiary/aromatic N) is 2. The minimum atomic E-state index is -0.250. The summed E-state index contributed by atoms with van der Waals surface area (Å²) in [6.07, 6.45) is 7.12. The Morgan fingerprint density at radius 1 is 0.919 bits per heavy atom. The van der Waals surface area contributed by atoms with E-state index in [0.717, 1.165) is 44.6 Å². The molecule has 1 fully saturated rings. The van der Waals surface area contributed by atoms with Crippen LogP contribution in [0.4, 0.5) is 0 Å². The molecule has 4 rings (SSSR count). The van der Waals surface area contributed by atoms with Crippen molar-refractivity contribution in [3.8, 4) is 5.75 Å². The molecule has 0 bridgehead atoms. The molecule has 0 unspecified atom stereocenters. The van der Waals surface area contributed by atoms with Crippen LogP contribution < -0.4 is 4.74 Å². The molecule has 37 heavy (non-hydrogen) atoms. The van der Waals surface area contributed by atoms with Crippen molar-refractivity contribution < 1.29 is 29.3 Å². The Morgan fingerprint density at radius 3 is 2.19 bits per heavy atom. The number of carbonyl (C=O) groups is 2. The lowest BCUT2D eigenvalue weighted by Gasteiger charge is -2.38. The Morgan fingerprint density at radius 2 is 1.57 bits per heavy atom. The van der Waals surface area contributed by atoms with Crippen molar-refractivity contribution in [2.75, 3.05) is 26.7 Å². The molecule has 2 atom stereocenters. The standard InChI is InChI=1S/C27H32N2O2.2CH2O2/c1-30-26-9-7-23(8-10-26)19-25-20-29(17-13-22-5-3-2-4-6-22)18-14-27(25)31-21-24-11-15-28-16-12-24;2*2-1-3/h2-12,15-16,25,27H,13-14,17-21H2,1H3;2*1H,(H,2,3)/t25-,27-;;/m1../s1. The Labute approximate surface area is 218 Å². The maximum Gasteiger partial charge on any atom is 0.290 e. The van der Waals surface area contributed by atoms with E-state index in [1.165, 1.54) is 16.7 Å². The van der Waals surface area contributed by atoms with Gasteiger partial charge < -0.3 is 24.6 Å². The first-order valence-corrected chi connectivity index (χ1v) is 12.2. The fraction of sp³-hybridized carbons (Fsp3) is 0.345. The molecule has 1 aliphatic heterocycles. The number of benzene rings is 2. The second-order valence-corrected chi connectivity index (χ2v) is 8.55. The molecule has 2 heterocycles. The van der Waals surface area contributed by atoms with Crippen LogP contribution in [0.2, 0.25) is 0 Å². The number of hydrogen-bond donors (Lipinski definition) is 2. The van der Waals surface area contributed by atoms with Gasteiger partial charge in [0.05, 0.1) is 19.8 Å². The van der Waals surface area contributed by atoms with Crippen molar-refractivity contribution in [1.82, 2.24) is 9.88 Å². The maximum absolute atomic E-state index is 8.36. The van der Waals surface area contributed by atoms with Gasteiger partial charge in [0.1, 0.15) is 5.75 Å². The van der Waals surface area contributed by atoms with Gasteiger partial charge in [-0.3, -0.25) is 14.6 Å². The summed E-state index contributed by atoms with van der Waals surface area (Å²) in [6, 6.07) is 23.3. The normalized spacial score (nSPS) is 16.8. The highest BCUT2D eigenvalue weighted by atomic mass is 16.5. The molecule has 0 spiro atoms. The number of carboxylic acid groups (broad SMARTS) is 2. The summed E-state index contributed by atoms with van der Waals surface area (Å²) in [6.45, 7) is 3.41. The molecule has 8 nitrogen and oxygen atoms in total. The zero-order valence-electron chi connectivity index (χ0n) is 21.2. The number of aromatic nitrogens is 1. The first kappa shape index (κ1) is 29.5. The molecule has 0 saturated carbocycles. The largest absolute Gasteiger partial charge is 0.497 e. The number of pyridine rings is 1. The second kappa shape index (κ2) is 17.6. The lowest BCUT2D eigenvalue weighted by atomic mass is 9.88. The van der Waals surface area contributed by atoms with Crippen LogP contribution in [0.1, 0.15) is 23.1 Å². The summed E-state index contributed by atoms with van der Waals surface area (Å²) < 4.78 is 11.8. The molecule has 1 saturated heterocycles. The van der Waals surface area contributed by atoms with Gasteiger partial charge in [0.25, 0.3) is 12.9 Å². The predicted octanol–water partition coefficient (Wildman–Crippen LogP) is 4.18. The van der Waals surface area contributed by atoms with E-state index < -0.39 is 0 Å². The summed E-state index contributed by atoms with van der Waals surface area (Å²) in [7, 11) is 1.71. The van der Waals surface area contributed by atoms with E-state index in [-0.39, 0.29) is 19.0 Å². The highest BCUT2D eigenvalue weighted by Gasteiger charge is 2.30. The van der Waals surface area contributed by atoms with E-state index in [4.69, 9.17) is 29.3 Å². The van der Waals surface area contributed by atoms with Gasteiger partial charge in [-0.1, -0.05) is 42.5 Å². The molecule has 1 aromatic heterocycles. The van der Waals surface area contributed by atoms with E-state index >= 15 is 0 Å². The van der Waals surface area contributed by atoms with E-state index in [1.54, 1.807) is 7.11 Å². The Hall–Kier alpha value is -3.75. The molecular weight excluding hydrogens is 472 g/mol. The van der Waals surface area contributed by atoms with Gasteiger partial charge in [0, 0.05) is 37.9 Å². The Kier molecular flexibility index (Phi) is 14.1. The van der Waals surface area contributed by atoms with Crippen molar-refractivity contribution in [2.45, 2.75) is 32.0 Å². The summed E-state index contributed by atoms with van der Waals surface area (Å²) in [4.78, 5) is 23.4. The highest BCUT2D eigenvalue weighted by Crippen LogP contribution is 2.26. The Balaban J connectivity index is 0.000000733. The quantitative estimate of drug-likeness (QED) is 0.414. The van der Waals surface area contributed by atoms with Crippen molar-refractivity contribution in [3.05, 3.63) is 95.8 Å². The van der Waals surface area contributed by atoms with Crippen molar-refractivity contribution in [2.24, 2.45) is 5.92 Å². The van der Waals surface area contributed by atoms with Crippen LogP contribution in [0, 0.1) is 5.92 Å². The zero-order valence-corrected chi connectivity index (χ0v) is 21.2. The fourth-order valence-corrected chi connectivity index (χ4v) is 4.38. The van der Waals surface area contributed by atoms with Gasteiger partial charge in [-0.05, 0) is 60.2 Å². The summed E-state index contributed by atoms with van der Waals surface area (Å²) in [5.41, 5.74) is 3.93. The molecule has 198 valence electrons. The average molecular weight is 509 g/mol. The molecule has 1 aliphatic rings. The molecule has 3 aromatic rings. The first-order chi connectivity index (χ1) is 18.1. The van der Waals surface area contributed by atoms with Gasteiger partial charge in [-0.15, -0.1) is 0 Å². The molecule has 0 amide bonds. The van der Waals surface area contributed by atoms with Crippen molar-refractivity contribution >= 4 is 12.9 Å². The number of ether oxygens (including phenoxy) is 2.